The van der Waals surface area contributed by atoms with Crippen LogP contribution in [0.5, 0.6) is 0 Å². The van der Waals surface area contributed by atoms with Gasteiger partial charge in [0.2, 0.25) is 10.3 Å². The molecule has 0 fully saturated rings. The molecule has 0 bridgehead atoms. The normalized spacial score (nSPS) is 11.8. The molecule has 1 aromatic rings. The van der Waals surface area contributed by atoms with E-state index in [0.717, 1.165) is 43.6 Å². The van der Waals surface area contributed by atoms with Crippen LogP contribution in [0.15, 0.2) is 0 Å². The highest BCUT2D eigenvalue weighted by molar-refractivity contribution is 7.80. The second kappa shape index (κ2) is 8.00. The Balaban J connectivity index is 2.17. The van der Waals surface area contributed by atoms with Crippen LogP contribution in [-0.2, 0) is 11.3 Å². The second-order valence-corrected chi connectivity index (χ2v) is 4.84. The Morgan fingerprint density at radius 2 is 2.12 bits per heavy atom. The molecule has 1 rings (SSSR count). The molecule has 17 heavy (non-hydrogen) atoms. The molecular formula is C9H13N4O2S2-. The van der Waals surface area contributed by atoms with Crippen LogP contribution in [0.1, 0.15) is 25.7 Å². The molecule has 6 nitrogen and oxygen atoms in total. The minimum atomic E-state index is -2.35. The van der Waals surface area contributed by atoms with Crippen molar-refractivity contribution < 1.29 is 8.76 Å². The zero-order valence-electron chi connectivity index (χ0n) is 9.14. The Morgan fingerprint density at radius 1 is 1.35 bits per heavy atom. The summed E-state index contributed by atoms with van der Waals surface area (Å²) >= 11 is -1.19. The Bertz CT molecular complexity index is 402. The van der Waals surface area contributed by atoms with Crippen LogP contribution >= 0.6 is 11.3 Å². The van der Waals surface area contributed by atoms with Crippen LogP contribution in [0, 0.1) is 12.3 Å². The molecule has 1 unspecified atom stereocenters. The largest absolute Gasteiger partial charge is 0.755 e. The number of aromatic nitrogens is 2. The summed E-state index contributed by atoms with van der Waals surface area (Å²) in [5, 5.41) is 11.4. The molecule has 0 spiro atoms. The molecule has 2 N–H and O–H groups in total. The molecule has 8 heteroatoms. The first-order valence-corrected chi connectivity index (χ1v) is 6.98. The first-order valence-electron chi connectivity index (χ1n) is 5.09. The van der Waals surface area contributed by atoms with Gasteiger partial charge < -0.3 is 9.87 Å². The Morgan fingerprint density at radius 3 is 2.82 bits per heavy atom. The minimum absolute atomic E-state index is 0.258. The smallest absolute Gasteiger partial charge is 0.218 e. The van der Waals surface area contributed by atoms with Gasteiger partial charge in [-0.05, 0) is 12.8 Å². The molecule has 0 aromatic carbocycles. The summed E-state index contributed by atoms with van der Waals surface area (Å²) in [5.74, 6) is 2.59. The van der Waals surface area contributed by atoms with Gasteiger partial charge in [0.05, 0.1) is 0 Å². The maximum Gasteiger partial charge on any atom is 0.218 e. The number of rotatable bonds is 8. The fraction of sp³-hybridized carbons (Fsp3) is 0.556. The third kappa shape index (κ3) is 6.21. The fourth-order valence-electron chi connectivity index (χ4n) is 1.13. The molecular weight excluding hydrogens is 260 g/mol. The van der Waals surface area contributed by atoms with Crippen LogP contribution in [-0.4, -0.2) is 25.5 Å². The van der Waals surface area contributed by atoms with Crippen molar-refractivity contribution in [2.24, 2.45) is 0 Å². The van der Waals surface area contributed by atoms with Crippen molar-refractivity contribution in [3.8, 4) is 12.3 Å². The van der Waals surface area contributed by atoms with E-state index in [1.54, 1.807) is 0 Å². The highest BCUT2D eigenvalue weighted by atomic mass is 32.2. The highest BCUT2D eigenvalue weighted by Crippen LogP contribution is 2.19. The topological polar surface area (TPSA) is 90.0 Å². The first kappa shape index (κ1) is 13.9. The maximum atomic E-state index is 10.3. The lowest BCUT2D eigenvalue weighted by atomic mass is 10.2. The van der Waals surface area contributed by atoms with Crippen LogP contribution in [0.3, 0.4) is 0 Å². The number of nitrogens with one attached hydrogen (secondary N) is 2. The van der Waals surface area contributed by atoms with Gasteiger partial charge in [0.15, 0.2) is 0 Å². The van der Waals surface area contributed by atoms with Crippen molar-refractivity contribution in [3.05, 3.63) is 0 Å². The summed E-state index contributed by atoms with van der Waals surface area (Å²) in [6.45, 7) is 0.777. The van der Waals surface area contributed by atoms with Crippen LogP contribution in [0.4, 0.5) is 10.3 Å². The number of anilines is 2. The van der Waals surface area contributed by atoms with Crippen molar-refractivity contribution >= 4 is 32.9 Å². The maximum absolute atomic E-state index is 10.3. The number of nitrogens with zero attached hydrogens (tertiary/aromatic N) is 2. The molecule has 0 saturated heterocycles. The first-order chi connectivity index (χ1) is 8.22. The number of unbranched alkanes of at least 4 members (excludes halogenated alkanes) is 3. The molecule has 0 aliphatic rings. The monoisotopic (exact) mass is 273 g/mol. The molecule has 1 atom stereocenters. The molecule has 0 aliphatic heterocycles. The predicted octanol–water partition coefficient (Wildman–Crippen LogP) is 1.35. The van der Waals surface area contributed by atoms with Crippen molar-refractivity contribution in [3.63, 3.8) is 0 Å². The van der Waals surface area contributed by atoms with Gasteiger partial charge in [0.1, 0.15) is 0 Å². The van der Waals surface area contributed by atoms with E-state index in [9.17, 15) is 8.76 Å². The number of terminal acetylenes is 1. The molecule has 0 aliphatic carbocycles. The second-order valence-electron chi connectivity index (χ2n) is 3.19. The van der Waals surface area contributed by atoms with E-state index < -0.39 is 11.3 Å². The Kier molecular flexibility index (Phi) is 6.54. The molecule has 0 amide bonds. The Labute approximate surface area is 107 Å². The molecule has 94 valence electrons. The summed E-state index contributed by atoms with van der Waals surface area (Å²) in [7, 11) is 0. The van der Waals surface area contributed by atoms with Crippen LogP contribution < -0.4 is 10.0 Å². The molecule has 1 heterocycles. The summed E-state index contributed by atoms with van der Waals surface area (Å²) in [6.07, 6.45) is 9.03. The van der Waals surface area contributed by atoms with E-state index in [0.29, 0.717) is 5.13 Å². The standard InChI is InChI=1S/C9H14N4O2S2/c1-2-3-4-5-6-7-10-8-11-12-9(16-8)13-17(14)15/h1H,3-7H2,(H,10,11)(H,12,13)(H,14,15)/p-1. The SMILES string of the molecule is C#CCCCCCNc1nnc(NS(=O)[O-])s1. The van der Waals surface area contributed by atoms with E-state index in [1.807, 2.05) is 0 Å². The van der Waals surface area contributed by atoms with E-state index in [-0.39, 0.29) is 5.13 Å². The quantitative estimate of drug-likeness (QED) is 0.424. The van der Waals surface area contributed by atoms with E-state index in [4.69, 9.17) is 6.42 Å². The summed E-state index contributed by atoms with van der Waals surface area (Å²) < 4.78 is 22.8. The number of hydrogen-bond acceptors (Lipinski definition) is 6. The number of hydrogen-bond donors (Lipinski definition) is 2. The van der Waals surface area contributed by atoms with E-state index >= 15 is 0 Å². The van der Waals surface area contributed by atoms with Crippen molar-refractivity contribution in [1.29, 1.82) is 0 Å². The van der Waals surface area contributed by atoms with Crippen molar-refractivity contribution in [1.82, 2.24) is 10.2 Å². The van der Waals surface area contributed by atoms with Gasteiger partial charge in [0.25, 0.3) is 0 Å². The molecule has 0 saturated carbocycles. The summed E-state index contributed by atoms with van der Waals surface area (Å²) in [4.78, 5) is 0. The third-order valence-electron chi connectivity index (χ3n) is 1.87. The third-order valence-corrected chi connectivity index (χ3v) is 3.16. The average molecular weight is 273 g/mol. The van der Waals surface area contributed by atoms with Crippen molar-refractivity contribution in [2.45, 2.75) is 25.7 Å². The fourth-order valence-corrected chi connectivity index (χ4v) is 2.21. The predicted molar refractivity (Wildman–Crippen MR) is 68.2 cm³/mol. The van der Waals surface area contributed by atoms with Crippen molar-refractivity contribution in [2.75, 3.05) is 16.6 Å². The van der Waals surface area contributed by atoms with Gasteiger partial charge in [-0.2, -0.15) is 0 Å². The highest BCUT2D eigenvalue weighted by Gasteiger charge is 2.02. The minimum Gasteiger partial charge on any atom is -0.755 e. The lowest BCUT2D eigenvalue weighted by Crippen LogP contribution is -2.01. The average Bonchev–Trinajstić information content (AvgIpc) is 2.70. The van der Waals surface area contributed by atoms with Gasteiger partial charge in [-0.1, -0.05) is 17.8 Å². The molecule has 1 aromatic heterocycles. The summed E-state index contributed by atoms with van der Waals surface area (Å²) in [6, 6.07) is 0. The van der Waals surface area contributed by atoms with E-state index in [2.05, 4.69) is 26.2 Å². The van der Waals surface area contributed by atoms with E-state index in [1.165, 1.54) is 0 Å². The van der Waals surface area contributed by atoms with Gasteiger partial charge >= 0.3 is 0 Å². The van der Waals surface area contributed by atoms with Gasteiger partial charge in [-0.25, -0.2) is 0 Å². The lowest BCUT2D eigenvalue weighted by molar-refractivity contribution is 0.542. The summed E-state index contributed by atoms with van der Waals surface area (Å²) in [5.41, 5.74) is 0. The van der Waals surface area contributed by atoms with Gasteiger partial charge in [-0.15, -0.1) is 22.5 Å². The van der Waals surface area contributed by atoms with Crippen LogP contribution in [0.2, 0.25) is 0 Å². The van der Waals surface area contributed by atoms with Crippen LogP contribution in [0.25, 0.3) is 0 Å². The zero-order valence-corrected chi connectivity index (χ0v) is 10.8. The molecule has 0 radical (unpaired) electrons. The lowest BCUT2D eigenvalue weighted by Gasteiger charge is -2.02. The van der Waals surface area contributed by atoms with Gasteiger partial charge in [0, 0.05) is 24.2 Å². The van der Waals surface area contributed by atoms with Gasteiger partial charge in [-0.3, -0.25) is 8.93 Å². The Hall–Kier alpha value is -1.17. The zero-order chi connectivity index (χ0) is 12.5.